The third kappa shape index (κ3) is 2.78. The minimum atomic E-state index is -0.766. The fourth-order valence-electron chi connectivity index (χ4n) is 5.41. The smallest absolute Gasteiger partial charge is 0.243 e. The molecule has 2 heterocycles. The van der Waals surface area contributed by atoms with Crippen LogP contribution in [0.5, 0.6) is 0 Å². The Labute approximate surface area is 162 Å². The zero-order chi connectivity index (χ0) is 17.7. The molecule has 0 aromatic heterocycles. The van der Waals surface area contributed by atoms with Gasteiger partial charge in [-0.05, 0) is 37.2 Å². The lowest BCUT2D eigenvalue weighted by molar-refractivity contribution is -0.230. The molecule has 1 aromatic carbocycles. The summed E-state index contributed by atoms with van der Waals surface area (Å²) in [7, 11) is 0. The maximum atomic E-state index is 13.4. The first kappa shape index (κ1) is 19.7. The first-order chi connectivity index (χ1) is 12.0. The van der Waals surface area contributed by atoms with Gasteiger partial charge >= 0.3 is 0 Å². The normalized spacial score (nSPS) is 33.6. The summed E-state index contributed by atoms with van der Waals surface area (Å²) in [6.45, 7) is 6.64. The summed E-state index contributed by atoms with van der Waals surface area (Å²) in [5.41, 5.74) is 7.12. The van der Waals surface area contributed by atoms with Crippen molar-refractivity contribution < 1.29 is 9.53 Å². The number of nitrogens with zero attached hydrogens (tertiary/aromatic N) is 1. The van der Waals surface area contributed by atoms with Gasteiger partial charge in [-0.15, -0.1) is 12.4 Å². The molecule has 4 nitrogen and oxygen atoms in total. The summed E-state index contributed by atoms with van der Waals surface area (Å²) in [6, 6.07) is 10.7. The second-order valence-corrected chi connectivity index (χ2v) is 8.61. The van der Waals surface area contributed by atoms with Crippen LogP contribution >= 0.6 is 12.4 Å². The van der Waals surface area contributed by atoms with Crippen molar-refractivity contribution in [1.82, 2.24) is 4.90 Å². The average molecular weight is 379 g/mol. The number of hydrogen-bond donors (Lipinski definition) is 1. The van der Waals surface area contributed by atoms with Gasteiger partial charge < -0.3 is 15.4 Å². The van der Waals surface area contributed by atoms with E-state index in [-0.39, 0.29) is 35.8 Å². The number of piperidine rings is 1. The molecule has 2 saturated heterocycles. The van der Waals surface area contributed by atoms with Gasteiger partial charge in [-0.1, -0.05) is 44.2 Å². The van der Waals surface area contributed by atoms with Crippen LogP contribution in [0.15, 0.2) is 30.3 Å². The van der Waals surface area contributed by atoms with Crippen LogP contribution in [0.25, 0.3) is 0 Å². The number of fused-ring (bicyclic) bond motifs is 1. The molecule has 5 heteroatoms. The van der Waals surface area contributed by atoms with Gasteiger partial charge in [0.2, 0.25) is 5.91 Å². The van der Waals surface area contributed by atoms with Crippen molar-refractivity contribution in [3.8, 4) is 0 Å². The highest BCUT2D eigenvalue weighted by molar-refractivity contribution is 5.89. The summed E-state index contributed by atoms with van der Waals surface area (Å²) in [4.78, 5) is 15.4. The second kappa shape index (κ2) is 7.14. The Morgan fingerprint density at radius 2 is 1.81 bits per heavy atom. The molecular weight excluding hydrogens is 348 g/mol. The molecule has 3 aliphatic rings. The Kier molecular flexibility index (Phi) is 5.40. The van der Waals surface area contributed by atoms with Gasteiger partial charge in [0.15, 0.2) is 0 Å². The van der Waals surface area contributed by atoms with Gasteiger partial charge in [-0.2, -0.15) is 0 Å². The van der Waals surface area contributed by atoms with Gasteiger partial charge in [-0.25, -0.2) is 0 Å². The number of nitrogens with two attached hydrogens (primary N) is 1. The number of halogens is 1. The van der Waals surface area contributed by atoms with E-state index in [1.165, 1.54) is 5.56 Å². The molecular formula is C21H31ClN2O2. The standard InChI is InChI=1S/C21H30N2O2.ClH/c1-20(2)18-17(9-6-14-25-18)21(20,22)19(24)23-12-10-16(11-13-23)15-7-4-3-5-8-15;/h3-5,7-8,16-18H,6,9-14,22H2,1-2H3;1H. The first-order valence-corrected chi connectivity index (χ1v) is 9.71. The molecule has 26 heavy (non-hydrogen) atoms. The fourth-order valence-corrected chi connectivity index (χ4v) is 5.41. The summed E-state index contributed by atoms with van der Waals surface area (Å²) in [5.74, 6) is 0.880. The Morgan fingerprint density at radius 1 is 1.15 bits per heavy atom. The Balaban J connectivity index is 0.00000196. The lowest BCUT2D eigenvalue weighted by Gasteiger charge is -2.66. The molecule has 0 spiro atoms. The van der Waals surface area contributed by atoms with Crippen LogP contribution in [0.3, 0.4) is 0 Å². The van der Waals surface area contributed by atoms with E-state index in [4.69, 9.17) is 10.5 Å². The minimum absolute atomic E-state index is 0. The third-order valence-corrected chi connectivity index (χ3v) is 7.09. The molecule has 1 amide bonds. The highest BCUT2D eigenvalue weighted by atomic mass is 35.5. The minimum Gasteiger partial charge on any atom is -0.377 e. The van der Waals surface area contributed by atoms with Crippen LogP contribution in [0, 0.1) is 11.3 Å². The molecule has 2 N–H and O–H groups in total. The van der Waals surface area contributed by atoms with Crippen LogP contribution in [0.1, 0.15) is 51.0 Å². The Hall–Kier alpha value is -1.10. The summed E-state index contributed by atoms with van der Waals surface area (Å²) < 4.78 is 5.95. The van der Waals surface area contributed by atoms with E-state index in [9.17, 15) is 4.79 Å². The Morgan fingerprint density at radius 3 is 2.46 bits per heavy atom. The highest BCUT2D eigenvalue weighted by Crippen LogP contribution is 2.58. The maximum absolute atomic E-state index is 13.4. The molecule has 0 bridgehead atoms. The van der Waals surface area contributed by atoms with Gasteiger partial charge in [0, 0.05) is 31.0 Å². The molecule has 144 valence electrons. The van der Waals surface area contributed by atoms with E-state index in [1.807, 2.05) is 4.90 Å². The van der Waals surface area contributed by atoms with Crippen LogP contribution in [0.2, 0.25) is 0 Å². The summed E-state index contributed by atoms with van der Waals surface area (Å²) in [6.07, 6.45) is 4.21. The number of carbonyl (C=O) groups is 1. The van der Waals surface area contributed by atoms with Crippen molar-refractivity contribution in [2.45, 2.75) is 57.1 Å². The van der Waals surface area contributed by atoms with Gasteiger partial charge in [0.1, 0.15) is 5.54 Å². The van der Waals surface area contributed by atoms with Crippen LogP contribution in [-0.4, -0.2) is 42.1 Å². The van der Waals surface area contributed by atoms with E-state index in [0.717, 1.165) is 45.4 Å². The van der Waals surface area contributed by atoms with E-state index in [1.54, 1.807) is 0 Å². The predicted octanol–water partition coefficient (Wildman–Crippen LogP) is 3.35. The number of benzene rings is 1. The van der Waals surface area contributed by atoms with Crippen molar-refractivity contribution in [2.24, 2.45) is 17.1 Å². The fraction of sp³-hybridized carbons (Fsp3) is 0.667. The number of rotatable bonds is 2. The topological polar surface area (TPSA) is 55.6 Å². The monoisotopic (exact) mass is 378 g/mol. The zero-order valence-electron chi connectivity index (χ0n) is 15.8. The molecule has 2 aliphatic heterocycles. The maximum Gasteiger partial charge on any atom is 0.243 e. The summed E-state index contributed by atoms with van der Waals surface area (Å²) in [5, 5.41) is 0. The highest BCUT2D eigenvalue weighted by Gasteiger charge is 2.70. The molecule has 3 atom stereocenters. The quantitative estimate of drug-likeness (QED) is 0.858. The second-order valence-electron chi connectivity index (χ2n) is 8.61. The van der Waals surface area contributed by atoms with Crippen molar-refractivity contribution in [3.63, 3.8) is 0 Å². The third-order valence-electron chi connectivity index (χ3n) is 7.09. The van der Waals surface area contributed by atoms with Gasteiger partial charge in [0.25, 0.3) is 0 Å². The molecule has 0 radical (unpaired) electrons. The van der Waals surface area contributed by atoms with Crippen LogP contribution in [0.4, 0.5) is 0 Å². The number of carbonyl (C=O) groups excluding carboxylic acids is 1. The first-order valence-electron chi connectivity index (χ1n) is 9.71. The van der Waals surface area contributed by atoms with Gasteiger partial charge in [-0.3, -0.25) is 4.79 Å². The molecule has 1 aromatic rings. The van der Waals surface area contributed by atoms with Crippen molar-refractivity contribution >= 4 is 18.3 Å². The van der Waals surface area contributed by atoms with Crippen molar-refractivity contribution in [3.05, 3.63) is 35.9 Å². The lowest BCUT2D eigenvalue weighted by atomic mass is 9.46. The predicted molar refractivity (Wildman–Crippen MR) is 105 cm³/mol. The SMILES string of the molecule is CC1(C)C2OCCCC2C1(N)C(=O)N1CCC(c2ccccc2)CC1.Cl. The number of likely N-dealkylation sites (tertiary alicyclic amines) is 1. The molecule has 3 unspecified atom stereocenters. The zero-order valence-corrected chi connectivity index (χ0v) is 16.6. The molecule has 1 aliphatic carbocycles. The Bertz CT molecular complexity index is 643. The molecule has 3 fully saturated rings. The van der Waals surface area contributed by atoms with E-state index in [0.29, 0.717) is 5.92 Å². The summed E-state index contributed by atoms with van der Waals surface area (Å²) >= 11 is 0. The number of hydrogen-bond acceptors (Lipinski definition) is 3. The van der Waals surface area contributed by atoms with Crippen LogP contribution < -0.4 is 5.73 Å². The van der Waals surface area contributed by atoms with E-state index < -0.39 is 5.54 Å². The average Bonchev–Trinajstić information content (AvgIpc) is 2.67. The molecule has 1 saturated carbocycles. The lowest BCUT2D eigenvalue weighted by Crippen LogP contribution is -2.82. The number of ether oxygens (including phenoxy) is 1. The van der Waals surface area contributed by atoms with Crippen molar-refractivity contribution in [1.29, 1.82) is 0 Å². The van der Waals surface area contributed by atoms with E-state index >= 15 is 0 Å². The molecule has 4 rings (SSSR count). The van der Waals surface area contributed by atoms with Gasteiger partial charge in [0.05, 0.1) is 6.10 Å². The van der Waals surface area contributed by atoms with E-state index in [2.05, 4.69) is 44.2 Å². The number of amides is 1. The van der Waals surface area contributed by atoms with Crippen molar-refractivity contribution in [2.75, 3.05) is 19.7 Å². The van der Waals surface area contributed by atoms with Crippen LogP contribution in [-0.2, 0) is 9.53 Å². The largest absolute Gasteiger partial charge is 0.377 e.